The lowest BCUT2D eigenvalue weighted by molar-refractivity contribution is -0.127. The summed E-state index contributed by atoms with van der Waals surface area (Å²) in [6, 6.07) is 0.304. The van der Waals surface area contributed by atoms with E-state index in [1.165, 1.54) is 0 Å². The van der Waals surface area contributed by atoms with Crippen molar-refractivity contribution in [2.45, 2.75) is 52.0 Å². The van der Waals surface area contributed by atoms with Gasteiger partial charge in [0.05, 0.1) is 6.61 Å². The van der Waals surface area contributed by atoms with Crippen molar-refractivity contribution in [2.75, 3.05) is 45.9 Å². The monoisotopic (exact) mass is 367 g/mol. The average Bonchev–Trinajstić information content (AvgIpc) is 3.04. The molecule has 0 aromatic carbocycles. The third-order valence-corrected chi connectivity index (χ3v) is 4.73. The highest BCUT2D eigenvalue weighted by Gasteiger charge is 2.24. The van der Waals surface area contributed by atoms with E-state index in [0.717, 1.165) is 51.3 Å². The van der Waals surface area contributed by atoms with Crippen LogP contribution in [0.25, 0.3) is 0 Å². The minimum absolute atomic E-state index is 0.219. The predicted octanol–water partition coefficient (Wildman–Crippen LogP) is 1.17. The first-order valence-corrected chi connectivity index (χ1v) is 9.88. The molecule has 0 bridgehead atoms. The highest BCUT2D eigenvalue weighted by atomic mass is 16.6. The van der Waals surface area contributed by atoms with E-state index in [2.05, 4.69) is 15.6 Å². The molecule has 0 spiro atoms. The molecule has 148 valence electrons. The molecule has 0 radical (unpaired) electrons. The number of likely N-dealkylation sites (tertiary alicyclic amines) is 2. The van der Waals surface area contributed by atoms with Gasteiger partial charge in [-0.3, -0.25) is 9.79 Å². The number of amides is 2. The zero-order valence-corrected chi connectivity index (χ0v) is 16.1. The molecule has 2 fully saturated rings. The van der Waals surface area contributed by atoms with Crippen LogP contribution in [0.4, 0.5) is 4.79 Å². The highest BCUT2D eigenvalue weighted by Crippen LogP contribution is 2.12. The van der Waals surface area contributed by atoms with Gasteiger partial charge in [-0.1, -0.05) is 0 Å². The van der Waals surface area contributed by atoms with Gasteiger partial charge in [-0.15, -0.1) is 0 Å². The summed E-state index contributed by atoms with van der Waals surface area (Å²) in [5.41, 5.74) is 0. The molecule has 0 aromatic heterocycles. The molecule has 2 aliphatic rings. The van der Waals surface area contributed by atoms with E-state index in [9.17, 15) is 9.59 Å². The lowest BCUT2D eigenvalue weighted by Gasteiger charge is -2.32. The second-order valence-corrected chi connectivity index (χ2v) is 6.70. The lowest BCUT2D eigenvalue weighted by atomic mass is 10.1. The third kappa shape index (κ3) is 6.38. The fraction of sp³-hybridized carbons (Fsp3) is 0.833. The maximum Gasteiger partial charge on any atom is 0.409 e. The molecular formula is C18H33N5O3. The predicted molar refractivity (Wildman–Crippen MR) is 101 cm³/mol. The first-order valence-electron chi connectivity index (χ1n) is 9.88. The largest absolute Gasteiger partial charge is 0.450 e. The zero-order chi connectivity index (χ0) is 18.8. The van der Waals surface area contributed by atoms with Gasteiger partial charge in [0, 0.05) is 51.7 Å². The van der Waals surface area contributed by atoms with Crippen LogP contribution >= 0.6 is 0 Å². The van der Waals surface area contributed by atoms with Crippen molar-refractivity contribution in [2.24, 2.45) is 4.99 Å². The summed E-state index contributed by atoms with van der Waals surface area (Å²) in [4.78, 5) is 31.7. The van der Waals surface area contributed by atoms with Crippen molar-refractivity contribution < 1.29 is 14.3 Å². The van der Waals surface area contributed by atoms with E-state index < -0.39 is 0 Å². The SMILES string of the molecule is CCNC(=NCCCN1CCCC1=O)NC1CCN(C(=O)OCC)CC1. The Kier molecular flexibility index (Phi) is 8.50. The highest BCUT2D eigenvalue weighted by molar-refractivity contribution is 5.80. The Labute approximate surface area is 156 Å². The number of aliphatic imine (C=N–C) groups is 1. The summed E-state index contributed by atoms with van der Waals surface area (Å²) in [6.45, 7) is 8.87. The second-order valence-electron chi connectivity index (χ2n) is 6.70. The van der Waals surface area contributed by atoms with Crippen LogP contribution in [0.2, 0.25) is 0 Å². The molecule has 2 amide bonds. The Morgan fingerprint density at radius 3 is 2.65 bits per heavy atom. The third-order valence-electron chi connectivity index (χ3n) is 4.73. The quantitative estimate of drug-likeness (QED) is 0.401. The van der Waals surface area contributed by atoms with Crippen LogP contribution in [0.3, 0.4) is 0 Å². The summed E-state index contributed by atoms with van der Waals surface area (Å²) in [6.07, 6.45) is 4.10. The Morgan fingerprint density at radius 2 is 2.04 bits per heavy atom. The molecule has 0 aromatic rings. The summed E-state index contributed by atoms with van der Waals surface area (Å²) in [5, 5.41) is 6.74. The van der Waals surface area contributed by atoms with Gasteiger partial charge in [0.15, 0.2) is 5.96 Å². The smallest absolute Gasteiger partial charge is 0.409 e. The molecular weight excluding hydrogens is 334 g/mol. The zero-order valence-electron chi connectivity index (χ0n) is 16.1. The minimum Gasteiger partial charge on any atom is -0.450 e. The van der Waals surface area contributed by atoms with E-state index in [-0.39, 0.29) is 12.0 Å². The molecule has 0 aliphatic carbocycles. The summed E-state index contributed by atoms with van der Waals surface area (Å²) in [5.74, 6) is 1.09. The van der Waals surface area contributed by atoms with Crippen LogP contribution in [0.1, 0.15) is 46.0 Å². The molecule has 2 heterocycles. The van der Waals surface area contributed by atoms with E-state index >= 15 is 0 Å². The van der Waals surface area contributed by atoms with Crippen LogP contribution in [0.5, 0.6) is 0 Å². The van der Waals surface area contributed by atoms with E-state index in [1.807, 2.05) is 18.7 Å². The molecule has 2 N–H and O–H groups in total. The molecule has 2 rings (SSSR count). The fourth-order valence-electron chi connectivity index (χ4n) is 3.33. The normalized spacial score (nSPS) is 19.0. The number of carbonyl (C=O) groups excluding carboxylic acids is 2. The first kappa shape index (κ1) is 20.3. The topological polar surface area (TPSA) is 86.3 Å². The van der Waals surface area contributed by atoms with Gasteiger partial charge in [-0.2, -0.15) is 0 Å². The molecule has 8 nitrogen and oxygen atoms in total. The molecule has 26 heavy (non-hydrogen) atoms. The van der Waals surface area contributed by atoms with Crippen molar-refractivity contribution in [3.05, 3.63) is 0 Å². The average molecular weight is 367 g/mol. The van der Waals surface area contributed by atoms with Gasteiger partial charge in [0.1, 0.15) is 0 Å². The minimum atomic E-state index is -0.219. The van der Waals surface area contributed by atoms with Crippen LogP contribution in [-0.2, 0) is 9.53 Å². The fourth-order valence-corrected chi connectivity index (χ4v) is 3.33. The van der Waals surface area contributed by atoms with E-state index in [4.69, 9.17) is 4.74 Å². The Balaban J connectivity index is 1.71. The number of piperidine rings is 1. The van der Waals surface area contributed by atoms with E-state index in [0.29, 0.717) is 38.7 Å². The molecule has 2 aliphatic heterocycles. The maximum absolute atomic E-state index is 11.8. The number of nitrogens with one attached hydrogen (secondary N) is 2. The van der Waals surface area contributed by atoms with Crippen LogP contribution < -0.4 is 10.6 Å². The van der Waals surface area contributed by atoms with Gasteiger partial charge in [0.25, 0.3) is 0 Å². The Hall–Kier alpha value is -1.99. The van der Waals surface area contributed by atoms with Gasteiger partial charge < -0.3 is 25.2 Å². The number of rotatable bonds is 7. The Morgan fingerprint density at radius 1 is 1.27 bits per heavy atom. The van der Waals surface area contributed by atoms with Crippen molar-refractivity contribution in [1.29, 1.82) is 0 Å². The summed E-state index contributed by atoms with van der Waals surface area (Å²) in [7, 11) is 0. The van der Waals surface area contributed by atoms with E-state index in [1.54, 1.807) is 4.90 Å². The van der Waals surface area contributed by atoms with Crippen molar-refractivity contribution >= 4 is 18.0 Å². The Bertz CT molecular complexity index is 489. The number of carbonyl (C=O) groups is 2. The lowest BCUT2D eigenvalue weighted by Crippen LogP contribution is -2.50. The molecule has 0 unspecified atom stereocenters. The van der Waals surface area contributed by atoms with Gasteiger partial charge in [-0.05, 0) is 39.5 Å². The van der Waals surface area contributed by atoms with Crippen LogP contribution in [0, 0.1) is 0 Å². The van der Waals surface area contributed by atoms with Gasteiger partial charge in [0.2, 0.25) is 5.91 Å². The van der Waals surface area contributed by atoms with Crippen molar-refractivity contribution in [1.82, 2.24) is 20.4 Å². The number of guanidine groups is 1. The van der Waals surface area contributed by atoms with Crippen molar-refractivity contribution in [3.8, 4) is 0 Å². The van der Waals surface area contributed by atoms with Crippen LogP contribution in [-0.4, -0.2) is 79.7 Å². The number of ether oxygens (including phenoxy) is 1. The summed E-state index contributed by atoms with van der Waals surface area (Å²) < 4.78 is 5.05. The second kappa shape index (κ2) is 10.9. The first-order chi connectivity index (χ1) is 12.6. The maximum atomic E-state index is 11.8. The molecule has 8 heteroatoms. The van der Waals surface area contributed by atoms with Gasteiger partial charge >= 0.3 is 6.09 Å². The number of nitrogens with zero attached hydrogens (tertiary/aromatic N) is 3. The standard InChI is InChI=1S/C18H33N5O3/c1-3-19-17(20-10-6-12-22-11-5-7-16(22)24)21-15-8-13-23(14-9-15)18(25)26-4-2/h15H,3-14H2,1-2H3,(H2,19,20,21). The van der Waals surface area contributed by atoms with Crippen molar-refractivity contribution in [3.63, 3.8) is 0 Å². The number of hydrogen-bond donors (Lipinski definition) is 2. The molecule has 2 saturated heterocycles. The van der Waals surface area contributed by atoms with Crippen LogP contribution in [0.15, 0.2) is 4.99 Å². The summed E-state index contributed by atoms with van der Waals surface area (Å²) >= 11 is 0. The molecule has 0 atom stereocenters. The molecule has 0 saturated carbocycles. The van der Waals surface area contributed by atoms with Gasteiger partial charge in [-0.25, -0.2) is 4.79 Å². The number of hydrogen-bond acceptors (Lipinski definition) is 4.